The Balaban J connectivity index is 1.21. The molecular weight excluding hydrogens is 544 g/mol. The number of carboxylic acid groups (broad SMARTS) is 1. The second-order valence-electron chi connectivity index (χ2n) is 11.4. The Morgan fingerprint density at radius 2 is 1.98 bits per heavy atom. The normalized spacial score (nSPS) is 18.7. The van der Waals surface area contributed by atoms with E-state index in [-0.39, 0.29) is 11.4 Å². The summed E-state index contributed by atoms with van der Waals surface area (Å²) in [7, 11) is 0. The van der Waals surface area contributed by atoms with E-state index in [2.05, 4.69) is 35.1 Å². The molecule has 1 fully saturated rings. The van der Waals surface area contributed by atoms with E-state index >= 15 is 0 Å². The van der Waals surface area contributed by atoms with Gasteiger partial charge in [0.25, 0.3) is 0 Å². The summed E-state index contributed by atoms with van der Waals surface area (Å²) in [6.07, 6.45) is 3.43. The highest BCUT2D eigenvalue weighted by Crippen LogP contribution is 2.34. The van der Waals surface area contributed by atoms with E-state index in [0.29, 0.717) is 36.7 Å². The highest BCUT2D eigenvalue weighted by atomic mass is 16.5. The molecule has 0 bridgehead atoms. The summed E-state index contributed by atoms with van der Waals surface area (Å²) >= 11 is 0. The molecule has 43 heavy (non-hydrogen) atoms. The van der Waals surface area contributed by atoms with Crippen LogP contribution in [0.15, 0.2) is 60.8 Å². The molecule has 2 aliphatic heterocycles. The van der Waals surface area contributed by atoms with Gasteiger partial charge in [-0.1, -0.05) is 43.3 Å². The number of hydrogen-bond donors (Lipinski definition) is 1. The number of carbonyl (C=O) groups is 1. The number of nitrogens with zero attached hydrogens (tertiary/aromatic N) is 4. The van der Waals surface area contributed by atoms with Gasteiger partial charge in [0.2, 0.25) is 5.88 Å². The van der Waals surface area contributed by atoms with Crippen LogP contribution in [0, 0.1) is 12.8 Å². The third kappa shape index (κ3) is 6.00. The highest BCUT2D eigenvalue weighted by molar-refractivity contribution is 5.90. The molecular formula is C34H38N4O5. The van der Waals surface area contributed by atoms with Crippen LogP contribution in [0.4, 0.5) is 0 Å². The summed E-state index contributed by atoms with van der Waals surface area (Å²) in [5.74, 6) is 0.836. The Bertz CT molecular complexity index is 1620. The van der Waals surface area contributed by atoms with Crippen LogP contribution in [0.2, 0.25) is 0 Å². The zero-order valence-electron chi connectivity index (χ0n) is 25.0. The number of ether oxygens (including phenoxy) is 3. The fraction of sp³-hybridized carbons (Fsp3) is 0.382. The van der Waals surface area contributed by atoms with E-state index in [4.69, 9.17) is 19.2 Å². The minimum atomic E-state index is -1.10. The number of aromatic nitrogens is 3. The van der Waals surface area contributed by atoms with Crippen molar-refractivity contribution >= 4 is 5.97 Å². The maximum atomic E-state index is 11.7. The number of aryl methyl sites for hydroxylation is 1. The van der Waals surface area contributed by atoms with Crippen LogP contribution >= 0.6 is 0 Å². The molecule has 1 saturated heterocycles. The van der Waals surface area contributed by atoms with Gasteiger partial charge in [0.15, 0.2) is 5.82 Å². The maximum absolute atomic E-state index is 11.7. The molecule has 2 atom stereocenters. The monoisotopic (exact) mass is 582 g/mol. The minimum Gasteiger partial charge on any atom is -0.488 e. The molecule has 6 rings (SSSR count). The molecule has 9 nitrogen and oxygen atoms in total. The summed E-state index contributed by atoms with van der Waals surface area (Å²) in [5.41, 5.74) is 6.49. The first-order valence-corrected chi connectivity index (χ1v) is 15.0. The number of para-hydroxylation sites is 1. The molecule has 2 aromatic carbocycles. The first-order valence-electron chi connectivity index (χ1n) is 15.0. The van der Waals surface area contributed by atoms with Crippen molar-refractivity contribution < 1.29 is 24.1 Å². The topological polar surface area (TPSA) is 98.9 Å². The van der Waals surface area contributed by atoms with Crippen LogP contribution in [0.1, 0.15) is 52.9 Å². The number of carboxylic acids is 1. The molecule has 0 aliphatic carbocycles. The average molecular weight is 583 g/mol. The van der Waals surface area contributed by atoms with Crippen molar-refractivity contribution in [1.29, 1.82) is 0 Å². The van der Waals surface area contributed by atoms with Gasteiger partial charge in [-0.05, 0) is 73.1 Å². The van der Waals surface area contributed by atoms with Gasteiger partial charge in [0.1, 0.15) is 17.9 Å². The molecule has 9 heteroatoms. The van der Waals surface area contributed by atoms with Crippen molar-refractivity contribution in [3.63, 3.8) is 0 Å². The van der Waals surface area contributed by atoms with Gasteiger partial charge in [-0.25, -0.2) is 9.78 Å². The van der Waals surface area contributed by atoms with Gasteiger partial charge in [-0.15, -0.1) is 0 Å². The van der Waals surface area contributed by atoms with Gasteiger partial charge in [0.05, 0.1) is 25.1 Å². The molecule has 0 radical (unpaired) electrons. The van der Waals surface area contributed by atoms with Gasteiger partial charge in [0, 0.05) is 31.3 Å². The fourth-order valence-corrected chi connectivity index (χ4v) is 6.23. The summed E-state index contributed by atoms with van der Waals surface area (Å²) in [5, 5.41) is 13.8. The molecule has 0 spiro atoms. The summed E-state index contributed by atoms with van der Waals surface area (Å²) in [6.45, 7) is 10.7. The standard InChI is InChI=1S/C34H38N4O5/c1-4-42-33-28(34(39)40)18-35-38(33)31-10-6-9-29(36-31)27-8-5-7-22(2)32(27)43-21-24-11-12-26-19-37(15-13-25(26)17-24)30-14-16-41-20-23(30)3/h5-12,17-18,23,30H,4,13-16,19-21H2,1-3H3,(H,39,40). The molecule has 2 unspecified atom stereocenters. The molecule has 2 aliphatic rings. The van der Waals surface area contributed by atoms with E-state index < -0.39 is 5.97 Å². The Kier molecular flexibility index (Phi) is 8.44. The first kappa shape index (κ1) is 28.9. The van der Waals surface area contributed by atoms with Crippen molar-refractivity contribution in [2.24, 2.45) is 5.92 Å². The molecule has 2 aromatic heterocycles. The van der Waals surface area contributed by atoms with Crippen LogP contribution in [0.25, 0.3) is 17.1 Å². The lowest BCUT2D eigenvalue weighted by atomic mass is 9.91. The van der Waals surface area contributed by atoms with Crippen molar-refractivity contribution in [3.05, 3.63) is 88.6 Å². The largest absolute Gasteiger partial charge is 0.488 e. The zero-order valence-corrected chi connectivity index (χ0v) is 25.0. The van der Waals surface area contributed by atoms with Gasteiger partial charge >= 0.3 is 5.97 Å². The summed E-state index contributed by atoms with van der Waals surface area (Å²) in [6, 6.07) is 18.9. The van der Waals surface area contributed by atoms with Crippen molar-refractivity contribution in [3.8, 4) is 28.7 Å². The van der Waals surface area contributed by atoms with Gasteiger partial charge in [-0.2, -0.15) is 9.78 Å². The van der Waals surface area contributed by atoms with E-state index in [0.717, 1.165) is 61.6 Å². The Hall–Kier alpha value is -4.21. The van der Waals surface area contributed by atoms with Gasteiger partial charge < -0.3 is 19.3 Å². The Labute approximate surface area is 252 Å². The van der Waals surface area contributed by atoms with Crippen LogP contribution in [-0.4, -0.2) is 63.1 Å². The van der Waals surface area contributed by atoms with E-state index in [1.165, 1.54) is 22.0 Å². The van der Waals surface area contributed by atoms with E-state index in [1.807, 2.05) is 37.3 Å². The highest BCUT2D eigenvalue weighted by Gasteiger charge is 2.30. The molecule has 0 saturated carbocycles. The number of rotatable bonds is 9. The number of pyridine rings is 1. The third-order valence-corrected chi connectivity index (χ3v) is 8.44. The lowest BCUT2D eigenvalue weighted by Gasteiger charge is -2.41. The van der Waals surface area contributed by atoms with Crippen molar-refractivity contribution in [2.75, 3.05) is 26.4 Å². The predicted molar refractivity (Wildman–Crippen MR) is 163 cm³/mol. The number of aromatic carboxylic acids is 1. The fourth-order valence-electron chi connectivity index (χ4n) is 6.23. The number of hydrogen-bond acceptors (Lipinski definition) is 7. The van der Waals surface area contributed by atoms with Crippen molar-refractivity contribution in [2.45, 2.75) is 52.8 Å². The first-order chi connectivity index (χ1) is 20.9. The number of benzene rings is 2. The lowest BCUT2D eigenvalue weighted by Crippen LogP contribution is -2.46. The quantitative estimate of drug-likeness (QED) is 0.268. The van der Waals surface area contributed by atoms with Crippen LogP contribution < -0.4 is 9.47 Å². The lowest BCUT2D eigenvalue weighted by molar-refractivity contribution is -0.0106. The second-order valence-corrected chi connectivity index (χ2v) is 11.4. The predicted octanol–water partition coefficient (Wildman–Crippen LogP) is 5.70. The van der Waals surface area contributed by atoms with E-state index in [1.54, 1.807) is 13.0 Å². The Morgan fingerprint density at radius 1 is 1.12 bits per heavy atom. The van der Waals surface area contributed by atoms with E-state index in [9.17, 15) is 9.90 Å². The van der Waals surface area contributed by atoms with Crippen molar-refractivity contribution in [1.82, 2.24) is 19.7 Å². The summed E-state index contributed by atoms with van der Waals surface area (Å²) in [4.78, 5) is 19.2. The molecule has 0 amide bonds. The SMILES string of the molecule is CCOc1c(C(=O)O)cnn1-c1cccc(-c2cccc(C)c2OCc2ccc3c(c2)CCN(C2CCOCC2C)C3)n1. The maximum Gasteiger partial charge on any atom is 0.342 e. The molecule has 4 aromatic rings. The third-order valence-electron chi connectivity index (χ3n) is 8.44. The number of fused-ring (bicyclic) bond motifs is 1. The smallest absolute Gasteiger partial charge is 0.342 e. The van der Waals surface area contributed by atoms with Crippen LogP contribution in [0.5, 0.6) is 11.6 Å². The molecule has 224 valence electrons. The molecule has 4 heterocycles. The van der Waals surface area contributed by atoms with Crippen LogP contribution in [0.3, 0.4) is 0 Å². The second kappa shape index (κ2) is 12.6. The minimum absolute atomic E-state index is 0.00969. The summed E-state index contributed by atoms with van der Waals surface area (Å²) < 4.78 is 19.2. The average Bonchev–Trinajstić information content (AvgIpc) is 3.44. The Morgan fingerprint density at radius 3 is 2.79 bits per heavy atom. The van der Waals surface area contributed by atoms with Gasteiger partial charge in [-0.3, -0.25) is 4.90 Å². The zero-order chi connectivity index (χ0) is 29.9. The van der Waals surface area contributed by atoms with Crippen LogP contribution in [-0.2, 0) is 24.3 Å². The molecule has 1 N–H and O–H groups in total.